The van der Waals surface area contributed by atoms with Gasteiger partial charge >= 0.3 is 0 Å². The highest BCUT2D eigenvalue weighted by molar-refractivity contribution is 4.59. The van der Waals surface area contributed by atoms with Gasteiger partial charge in [0.1, 0.15) is 0 Å². The second-order valence-corrected chi connectivity index (χ2v) is 2.56. The SMILES string of the molecule is CCCCCC(O)CN=[N+]=[N-]. The molecule has 0 aliphatic carbocycles. The highest BCUT2D eigenvalue weighted by atomic mass is 16.3. The molecule has 0 fully saturated rings. The molecular formula is C7H15N3O. The quantitative estimate of drug-likeness (QED) is 0.273. The molecule has 0 saturated heterocycles. The highest BCUT2D eigenvalue weighted by Crippen LogP contribution is 2.03. The molecule has 0 aliphatic heterocycles. The second-order valence-electron chi connectivity index (χ2n) is 2.56. The van der Waals surface area contributed by atoms with Gasteiger partial charge in [0.25, 0.3) is 0 Å². The van der Waals surface area contributed by atoms with Crippen molar-refractivity contribution in [1.29, 1.82) is 0 Å². The van der Waals surface area contributed by atoms with E-state index in [1.807, 2.05) is 0 Å². The lowest BCUT2D eigenvalue weighted by Crippen LogP contribution is -2.09. The van der Waals surface area contributed by atoms with Crippen LogP contribution in [0.2, 0.25) is 0 Å². The Bertz CT molecular complexity index is 132. The Kier molecular flexibility index (Phi) is 6.89. The van der Waals surface area contributed by atoms with Crippen molar-refractivity contribution in [1.82, 2.24) is 0 Å². The fourth-order valence-electron chi connectivity index (χ4n) is 0.852. The van der Waals surface area contributed by atoms with Crippen molar-refractivity contribution in [3.05, 3.63) is 10.4 Å². The average Bonchev–Trinajstić information content (AvgIpc) is 2.01. The zero-order valence-electron chi connectivity index (χ0n) is 6.90. The Morgan fingerprint density at radius 2 is 2.27 bits per heavy atom. The van der Waals surface area contributed by atoms with Gasteiger partial charge in [0, 0.05) is 4.91 Å². The molecule has 0 heterocycles. The van der Waals surface area contributed by atoms with Crippen LogP contribution < -0.4 is 0 Å². The summed E-state index contributed by atoms with van der Waals surface area (Å²) in [6.07, 6.45) is 3.59. The van der Waals surface area contributed by atoms with Gasteiger partial charge in [0.15, 0.2) is 0 Å². The molecule has 0 aliphatic rings. The van der Waals surface area contributed by atoms with Crippen LogP contribution in [0.5, 0.6) is 0 Å². The Morgan fingerprint density at radius 3 is 2.82 bits per heavy atom. The number of nitrogens with zero attached hydrogens (tertiary/aromatic N) is 3. The van der Waals surface area contributed by atoms with Gasteiger partial charge < -0.3 is 5.11 Å². The van der Waals surface area contributed by atoms with Crippen molar-refractivity contribution >= 4 is 0 Å². The first kappa shape index (κ1) is 10.3. The number of hydrogen-bond donors (Lipinski definition) is 1. The van der Waals surface area contributed by atoms with E-state index in [1.165, 1.54) is 0 Å². The van der Waals surface area contributed by atoms with E-state index in [1.54, 1.807) is 0 Å². The van der Waals surface area contributed by atoms with Crippen molar-refractivity contribution in [3.8, 4) is 0 Å². The van der Waals surface area contributed by atoms with Gasteiger partial charge in [-0.1, -0.05) is 31.3 Å². The van der Waals surface area contributed by atoms with Gasteiger partial charge in [0.2, 0.25) is 0 Å². The molecule has 0 bridgehead atoms. The summed E-state index contributed by atoms with van der Waals surface area (Å²) in [5.41, 5.74) is 7.93. The predicted octanol–water partition coefficient (Wildman–Crippen LogP) is 2.24. The normalized spacial score (nSPS) is 12.2. The van der Waals surface area contributed by atoms with Crippen LogP contribution in [0.4, 0.5) is 0 Å². The maximum absolute atomic E-state index is 9.14. The number of unbranched alkanes of at least 4 members (excludes halogenated alkanes) is 2. The van der Waals surface area contributed by atoms with Crippen molar-refractivity contribution < 1.29 is 5.11 Å². The predicted molar refractivity (Wildman–Crippen MR) is 44.2 cm³/mol. The monoisotopic (exact) mass is 157 g/mol. The maximum atomic E-state index is 9.14. The molecule has 1 atom stereocenters. The zero-order valence-corrected chi connectivity index (χ0v) is 6.90. The third-order valence-corrected chi connectivity index (χ3v) is 1.50. The van der Waals surface area contributed by atoms with Gasteiger partial charge in [-0.2, -0.15) is 0 Å². The summed E-state index contributed by atoms with van der Waals surface area (Å²) in [6.45, 7) is 2.32. The zero-order chi connectivity index (χ0) is 8.53. The van der Waals surface area contributed by atoms with Crippen LogP contribution in [0, 0.1) is 0 Å². The van der Waals surface area contributed by atoms with E-state index in [4.69, 9.17) is 10.6 Å². The lowest BCUT2D eigenvalue weighted by atomic mass is 10.1. The molecule has 1 unspecified atom stereocenters. The van der Waals surface area contributed by atoms with Crippen LogP contribution in [0.15, 0.2) is 5.11 Å². The van der Waals surface area contributed by atoms with E-state index in [0.717, 1.165) is 25.7 Å². The van der Waals surface area contributed by atoms with Gasteiger partial charge in [-0.15, -0.1) is 0 Å². The summed E-state index contributed by atoms with van der Waals surface area (Å²) in [5.74, 6) is 0. The summed E-state index contributed by atoms with van der Waals surface area (Å²) >= 11 is 0. The lowest BCUT2D eigenvalue weighted by molar-refractivity contribution is 0.169. The van der Waals surface area contributed by atoms with Gasteiger partial charge in [-0.25, -0.2) is 0 Å². The van der Waals surface area contributed by atoms with Crippen LogP contribution in [-0.2, 0) is 0 Å². The minimum Gasteiger partial charge on any atom is -0.393 e. The molecule has 1 N–H and O–H groups in total. The molecule has 4 nitrogen and oxygen atoms in total. The molecular weight excluding hydrogens is 142 g/mol. The molecule has 0 amide bonds. The van der Waals surface area contributed by atoms with Crippen LogP contribution in [-0.4, -0.2) is 17.8 Å². The van der Waals surface area contributed by atoms with E-state index in [0.29, 0.717) is 0 Å². The maximum Gasteiger partial charge on any atom is 0.0596 e. The van der Waals surface area contributed by atoms with Crippen LogP contribution >= 0.6 is 0 Å². The summed E-state index contributed by atoms with van der Waals surface area (Å²) < 4.78 is 0. The number of rotatable bonds is 6. The standard InChI is InChI=1S/C7H15N3O/c1-2-3-4-5-7(11)6-9-10-8/h7,11H,2-6H2,1H3. The minimum absolute atomic E-state index is 0.209. The first-order valence-corrected chi connectivity index (χ1v) is 4.00. The van der Waals surface area contributed by atoms with Crippen LogP contribution in [0.3, 0.4) is 0 Å². The average molecular weight is 157 g/mol. The molecule has 0 spiro atoms. The first-order valence-electron chi connectivity index (χ1n) is 4.00. The summed E-state index contributed by atoms with van der Waals surface area (Å²) in [4.78, 5) is 2.57. The van der Waals surface area contributed by atoms with Crippen molar-refractivity contribution in [2.75, 3.05) is 6.54 Å². The molecule has 11 heavy (non-hydrogen) atoms. The molecule has 0 radical (unpaired) electrons. The number of azide groups is 1. The van der Waals surface area contributed by atoms with E-state index < -0.39 is 6.10 Å². The molecule has 0 rings (SSSR count). The Balaban J connectivity index is 3.21. The van der Waals surface area contributed by atoms with E-state index in [2.05, 4.69) is 16.9 Å². The van der Waals surface area contributed by atoms with Crippen molar-refractivity contribution in [2.45, 2.75) is 38.7 Å². The van der Waals surface area contributed by atoms with E-state index in [-0.39, 0.29) is 6.54 Å². The molecule has 0 aromatic heterocycles. The Labute approximate surface area is 66.9 Å². The molecule has 0 aromatic carbocycles. The largest absolute Gasteiger partial charge is 0.393 e. The molecule has 0 aromatic rings. The number of hydrogen-bond acceptors (Lipinski definition) is 2. The molecule has 0 saturated carbocycles. The fourth-order valence-corrected chi connectivity index (χ4v) is 0.852. The van der Waals surface area contributed by atoms with Crippen molar-refractivity contribution in [3.63, 3.8) is 0 Å². The topological polar surface area (TPSA) is 69.0 Å². The highest BCUT2D eigenvalue weighted by Gasteiger charge is 2.00. The summed E-state index contributed by atoms with van der Waals surface area (Å²) in [5, 5.41) is 12.4. The third kappa shape index (κ3) is 7.16. The van der Waals surface area contributed by atoms with Gasteiger partial charge in [-0.05, 0) is 12.0 Å². The molecule has 64 valence electrons. The minimum atomic E-state index is -0.447. The number of aliphatic hydroxyl groups excluding tert-OH is 1. The van der Waals surface area contributed by atoms with Gasteiger partial charge in [0.05, 0.1) is 12.6 Å². The smallest absolute Gasteiger partial charge is 0.0596 e. The van der Waals surface area contributed by atoms with Crippen LogP contribution in [0.25, 0.3) is 10.4 Å². The summed E-state index contributed by atoms with van der Waals surface area (Å²) in [6, 6.07) is 0. The molecule has 4 heteroatoms. The van der Waals surface area contributed by atoms with E-state index >= 15 is 0 Å². The van der Waals surface area contributed by atoms with Gasteiger partial charge in [-0.3, -0.25) is 0 Å². The first-order chi connectivity index (χ1) is 5.31. The Hall–Kier alpha value is -0.730. The van der Waals surface area contributed by atoms with E-state index in [9.17, 15) is 0 Å². The summed E-state index contributed by atoms with van der Waals surface area (Å²) in [7, 11) is 0. The second kappa shape index (κ2) is 7.38. The Morgan fingerprint density at radius 1 is 1.55 bits per heavy atom. The van der Waals surface area contributed by atoms with Crippen LogP contribution in [0.1, 0.15) is 32.6 Å². The lowest BCUT2D eigenvalue weighted by Gasteiger charge is -2.04. The van der Waals surface area contributed by atoms with Crippen molar-refractivity contribution in [2.24, 2.45) is 5.11 Å². The third-order valence-electron chi connectivity index (χ3n) is 1.50. The number of aliphatic hydroxyl groups is 1. The fraction of sp³-hybridized carbons (Fsp3) is 1.00.